The van der Waals surface area contributed by atoms with E-state index in [9.17, 15) is 13.5 Å². The van der Waals surface area contributed by atoms with E-state index in [-0.39, 0.29) is 11.3 Å². The fourth-order valence-electron chi connectivity index (χ4n) is 5.48. The Morgan fingerprint density at radius 1 is 0.977 bits per heavy atom. The minimum absolute atomic E-state index is 0.179. The van der Waals surface area contributed by atoms with Crippen molar-refractivity contribution in [1.82, 2.24) is 29.1 Å². The van der Waals surface area contributed by atoms with Gasteiger partial charge in [-0.1, -0.05) is 6.07 Å². The Hall–Kier alpha value is -3.98. The van der Waals surface area contributed by atoms with Crippen LogP contribution >= 0.6 is 0 Å². The highest BCUT2D eigenvalue weighted by Gasteiger charge is 2.37. The van der Waals surface area contributed by atoms with Gasteiger partial charge in [-0.25, -0.2) is 23.4 Å². The molecule has 230 valence electrons. The van der Waals surface area contributed by atoms with Crippen molar-refractivity contribution in [2.45, 2.75) is 68.6 Å². The van der Waals surface area contributed by atoms with Crippen LogP contribution < -0.4 is 10.6 Å². The fraction of sp³-hybridized carbons (Fsp3) is 0.433. The molecule has 2 saturated carbocycles. The molecule has 14 heteroatoms. The first kappa shape index (κ1) is 28.8. The highest BCUT2D eigenvalue weighted by molar-refractivity contribution is 7.90. The van der Waals surface area contributed by atoms with Gasteiger partial charge in [-0.05, 0) is 57.6 Å². The molecule has 13 nitrogen and oxygen atoms in total. The average molecular weight is 619 g/mol. The predicted octanol–water partition coefficient (Wildman–Crippen LogP) is 4.03. The maximum atomic E-state index is 12.6. The fourth-order valence-corrected chi connectivity index (χ4v) is 6.96. The van der Waals surface area contributed by atoms with Gasteiger partial charge in [0, 0.05) is 47.5 Å². The van der Waals surface area contributed by atoms with E-state index < -0.39 is 21.9 Å². The summed E-state index contributed by atoms with van der Waals surface area (Å²) in [5.74, 6) is 1.39. The summed E-state index contributed by atoms with van der Waals surface area (Å²) in [6, 6.07) is 7.70. The summed E-state index contributed by atoms with van der Waals surface area (Å²) in [5.41, 5.74) is 3.15. The van der Waals surface area contributed by atoms with Crippen LogP contribution in [0.25, 0.3) is 22.6 Å². The quantitative estimate of drug-likeness (QED) is 0.247. The van der Waals surface area contributed by atoms with E-state index in [0.717, 1.165) is 39.4 Å². The molecule has 1 aliphatic heterocycles. The molecular formula is C30H34N8O5S. The molecule has 0 bridgehead atoms. The number of ether oxygens (including phenoxy) is 2. The number of pyridine rings is 2. The Balaban J connectivity index is 1.14. The van der Waals surface area contributed by atoms with Gasteiger partial charge in [0.25, 0.3) is 10.0 Å². The van der Waals surface area contributed by atoms with Crippen molar-refractivity contribution in [2.75, 3.05) is 23.8 Å². The van der Waals surface area contributed by atoms with Crippen LogP contribution in [0.15, 0.2) is 55.2 Å². The number of aliphatic hydroxyl groups is 1. The van der Waals surface area contributed by atoms with E-state index in [1.54, 1.807) is 24.7 Å². The van der Waals surface area contributed by atoms with Crippen molar-refractivity contribution in [3.05, 3.63) is 60.8 Å². The van der Waals surface area contributed by atoms with E-state index in [2.05, 4.69) is 30.7 Å². The number of hydrogen-bond acceptors (Lipinski definition) is 12. The highest BCUT2D eigenvalue weighted by Crippen LogP contribution is 2.35. The molecule has 0 amide bonds. The summed E-state index contributed by atoms with van der Waals surface area (Å²) in [7, 11) is -3.48. The largest absolute Gasteiger partial charge is 0.390 e. The number of nitrogens with one attached hydrogen (secondary N) is 2. The van der Waals surface area contributed by atoms with E-state index in [1.807, 2.05) is 25.1 Å². The van der Waals surface area contributed by atoms with E-state index in [1.165, 1.54) is 12.4 Å². The number of anilines is 3. The molecule has 0 atom stereocenters. The molecule has 5 heterocycles. The minimum atomic E-state index is -3.48. The lowest BCUT2D eigenvalue weighted by Gasteiger charge is -2.34. The second kappa shape index (κ2) is 11.5. The van der Waals surface area contributed by atoms with Gasteiger partial charge in [0.2, 0.25) is 0 Å². The maximum Gasteiger partial charge on any atom is 0.256 e. The molecule has 3 N–H and O–H groups in total. The van der Waals surface area contributed by atoms with Crippen LogP contribution in [-0.2, 0) is 19.5 Å². The molecular weight excluding hydrogens is 584 g/mol. The lowest BCUT2D eigenvalue weighted by molar-refractivity contribution is -0.0443. The predicted molar refractivity (Wildman–Crippen MR) is 162 cm³/mol. The van der Waals surface area contributed by atoms with E-state index in [0.29, 0.717) is 61.9 Å². The zero-order valence-corrected chi connectivity index (χ0v) is 25.1. The molecule has 2 aliphatic carbocycles. The summed E-state index contributed by atoms with van der Waals surface area (Å²) in [4.78, 5) is 18.3. The summed E-state index contributed by atoms with van der Waals surface area (Å²) < 4.78 is 37.4. The SMILES string of the molecule is CC1(O)CCC(Nc2cc(Nc3ccnc(-c4cnn(S(=O)(=O)C5CC5)c4)n3)ncc2-c2ccc(C3OCCO3)cn2)CC1. The summed E-state index contributed by atoms with van der Waals surface area (Å²) >= 11 is 0. The van der Waals surface area contributed by atoms with Gasteiger partial charge in [-0.3, -0.25) is 4.98 Å². The van der Waals surface area contributed by atoms with Crippen LogP contribution in [0.5, 0.6) is 0 Å². The van der Waals surface area contributed by atoms with Crippen molar-refractivity contribution in [2.24, 2.45) is 0 Å². The van der Waals surface area contributed by atoms with Crippen LogP contribution in [0.1, 0.15) is 57.3 Å². The third kappa shape index (κ3) is 6.15. The van der Waals surface area contributed by atoms with Crippen molar-refractivity contribution >= 4 is 27.3 Å². The Morgan fingerprint density at radius 2 is 1.77 bits per heavy atom. The molecule has 44 heavy (non-hydrogen) atoms. The summed E-state index contributed by atoms with van der Waals surface area (Å²) in [6.45, 7) is 3.01. The molecule has 4 aromatic rings. The van der Waals surface area contributed by atoms with Crippen LogP contribution in [0.2, 0.25) is 0 Å². The molecule has 0 unspecified atom stereocenters. The second-order valence-electron chi connectivity index (χ2n) is 11.8. The zero-order chi connectivity index (χ0) is 30.3. The molecule has 0 radical (unpaired) electrons. The lowest BCUT2D eigenvalue weighted by atomic mass is 9.83. The first-order valence-electron chi connectivity index (χ1n) is 14.8. The summed E-state index contributed by atoms with van der Waals surface area (Å²) in [6.07, 6.45) is 12.0. The van der Waals surface area contributed by atoms with E-state index >= 15 is 0 Å². The van der Waals surface area contributed by atoms with Crippen LogP contribution in [0.3, 0.4) is 0 Å². The first-order chi connectivity index (χ1) is 21.2. The van der Waals surface area contributed by atoms with Crippen LogP contribution in [0, 0.1) is 0 Å². The molecule has 4 aromatic heterocycles. The normalized spacial score (nSPS) is 22.6. The zero-order valence-electron chi connectivity index (χ0n) is 24.3. The molecule has 3 fully saturated rings. The molecule has 0 spiro atoms. The third-order valence-electron chi connectivity index (χ3n) is 8.22. The molecule has 1 saturated heterocycles. The van der Waals surface area contributed by atoms with Crippen LogP contribution in [-0.4, -0.2) is 72.8 Å². The van der Waals surface area contributed by atoms with Gasteiger partial charge in [0.05, 0.1) is 47.7 Å². The number of nitrogens with zero attached hydrogens (tertiary/aromatic N) is 6. The third-order valence-corrected chi connectivity index (χ3v) is 10.3. The van der Waals surface area contributed by atoms with E-state index in [4.69, 9.17) is 14.5 Å². The van der Waals surface area contributed by atoms with Crippen molar-refractivity contribution in [3.63, 3.8) is 0 Å². The second-order valence-corrected chi connectivity index (χ2v) is 13.9. The average Bonchev–Trinajstić information content (AvgIpc) is 3.52. The van der Waals surface area contributed by atoms with Gasteiger partial charge in [0.15, 0.2) is 12.1 Å². The number of hydrogen-bond donors (Lipinski definition) is 3. The number of aromatic nitrogens is 6. The summed E-state index contributed by atoms with van der Waals surface area (Å²) in [5, 5.41) is 21.1. The maximum absolute atomic E-state index is 12.6. The van der Waals surface area contributed by atoms with Gasteiger partial charge in [-0.2, -0.15) is 9.19 Å². The first-order valence-corrected chi connectivity index (χ1v) is 16.3. The molecule has 7 rings (SSSR count). The minimum Gasteiger partial charge on any atom is -0.390 e. The van der Waals surface area contributed by atoms with Crippen molar-refractivity contribution in [3.8, 4) is 22.6 Å². The Kier molecular flexibility index (Phi) is 7.52. The van der Waals surface area contributed by atoms with Gasteiger partial charge < -0.3 is 25.2 Å². The Labute approximate surface area is 255 Å². The Bertz CT molecular complexity index is 1740. The molecule has 3 aliphatic rings. The smallest absolute Gasteiger partial charge is 0.256 e. The highest BCUT2D eigenvalue weighted by atomic mass is 32.2. The Morgan fingerprint density at radius 3 is 2.50 bits per heavy atom. The van der Waals surface area contributed by atoms with Gasteiger partial charge in [0.1, 0.15) is 11.6 Å². The lowest BCUT2D eigenvalue weighted by Crippen LogP contribution is -2.35. The number of rotatable bonds is 9. The van der Waals surface area contributed by atoms with Gasteiger partial charge in [-0.15, -0.1) is 0 Å². The topological polar surface area (TPSA) is 166 Å². The van der Waals surface area contributed by atoms with Gasteiger partial charge >= 0.3 is 0 Å². The van der Waals surface area contributed by atoms with Crippen molar-refractivity contribution in [1.29, 1.82) is 0 Å². The van der Waals surface area contributed by atoms with Crippen molar-refractivity contribution < 1.29 is 23.0 Å². The monoisotopic (exact) mass is 618 g/mol. The standard InChI is InChI=1S/C30H34N8O5S/c1-30(39)9-6-21(7-10-30)35-25-14-27(33-17-23(25)24-5-2-19(15-32-24)29-42-12-13-43-29)36-26-8-11-31-28(37-26)20-16-34-38(18-20)44(40,41)22-3-4-22/h2,5,8,11,14-18,21-22,29,39H,3-4,6-7,9-10,12-13H2,1H3,(H2,31,33,35,36,37). The van der Waals surface area contributed by atoms with Crippen LogP contribution in [0.4, 0.5) is 17.3 Å². The molecule has 0 aromatic carbocycles.